The second kappa shape index (κ2) is 13.4. The van der Waals surface area contributed by atoms with Crippen LogP contribution in [0.2, 0.25) is 0 Å². The minimum absolute atomic E-state index is 0.0813. The number of Topliss-reactive ketones (excluding diaryl/α,β-unsaturated/α-hetero) is 2. The van der Waals surface area contributed by atoms with Gasteiger partial charge in [0.25, 0.3) is 11.6 Å². The van der Waals surface area contributed by atoms with Crippen molar-refractivity contribution >= 4 is 61.0 Å². The first kappa shape index (κ1) is 34.2. The Morgan fingerprint density at radius 3 is 1.58 bits per heavy atom. The fraction of sp³-hybridized carbons (Fsp3) is 0.105. The molecule has 0 radical (unpaired) electrons. The van der Waals surface area contributed by atoms with E-state index in [1.807, 2.05) is 12.1 Å². The molecular formula is C38H26N4O8S2. The zero-order chi connectivity index (χ0) is 36.6. The highest BCUT2D eigenvalue weighted by Gasteiger charge is 2.32. The molecule has 52 heavy (non-hydrogen) atoms. The van der Waals surface area contributed by atoms with Crippen LogP contribution < -0.4 is 8.37 Å². The smallest absolute Gasteiger partial charge is 0.362 e. The zero-order valence-corrected chi connectivity index (χ0v) is 28.7. The number of nitrogens with zero attached hydrogens (tertiary/aromatic N) is 4. The van der Waals surface area contributed by atoms with Gasteiger partial charge in [0.2, 0.25) is 0 Å². The van der Waals surface area contributed by atoms with Crippen molar-refractivity contribution in [1.82, 2.24) is 0 Å². The maximum atomic E-state index is 13.3. The lowest BCUT2D eigenvalue weighted by atomic mass is 9.81. The van der Waals surface area contributed by atoms with Crippen LogP contribution in [0.4, 0.5) is 0 Å². The van der Waals surface area contributed by atoms with E-state index in [0.29, 0.717) is 6.42 Å². The van der Waals surface area contributed by atoms with E-state index >= 15 is 0 Å². The summed E-state index contributed by atoms with van der Waals surface area (Å²) in [6.07, 6.45) is 9.73. The summed E-state index contributed by atoms with van der Waals surface area (Å²) in [4.78, 5) is 30.6. The van der Waals surface area contributed by atoms with E-state index in [0.717, 1.165) is 29.5 Å². The normalized spacial score (nSPS) is 16.7. The molecule has 1 atom stereocenters. The van der Waals surface area contributed by atoms with Gasteiger partial charge in [0.05, 0.1) is 0 Å². The van der Waals surface area contributed by atoms with Gasteiger partial charge in [-0.2, -0.15) is 26.4 Å². The van der Waals surface area contributed by atoms with Crippen LogP contribution in [0.5, 0.6) is 11.5 Å². The van der Waals surface area contributed by atoms with Crippen molar-refractivity contribution in [3.63, 3.8) is 0 Å². The van der Waals surface area contributed by atoms with E-state index in [4.69, 9.17) is 19.4 Å². The molecule has 0 N–H and O–H groups in total. The third-order valence-corrected chi connectivity index (χ3v) is 11.6. The molecule has 0 saturated heterocycles. The first-order valence-electron chi connectivity index (χ1n) is 15.9. The Hall–Kier alpha value is -6.30. The van der Waals surface area contributed by atoms with Crippen molar-refractivity contribution < 1.29 is 44.4 Å². The number of benzene rings is 4. The summed E-state index contributed by atoms with van der Waals surface area (Å²) in [6.45, 7) is 0. The maximum Gasteiger partial charge on any atom is 0.362 e. The highest BCUT2D eigenvalue weighted by molar-refractivity contribution is 7.87. The molecule has 0 spiro atoms. The molecule has 0 aromatic heterocycles. The minimum Gasteiger partial charge on any atom is -0.379 e. The van der Waals surface area contributed by atoms with E-state index in [1.54, 1.807) is 36.4 Å². The summed E-state index contributed by atoms with van der Waals surface area (Å²) in [5.74, 6) is -0.895. The number of hydrogen-bond acceptors (Lipinski definition) is 8. The zero-order valence-electron chi connectivity index (χ0n) is 27.0. The van der Waals surface area contributed by atoms with Crippen LogP contribution in [0.3, 0.4) is 0 Å². The van der Waals surface area contributed by atoms with Crippen LogP contribution in [0.1, 0.15) is 68.2 Å². The topological polar surface area (TPSA) is 194 Å². The lowest BCUT2D eigenvalue weighted by Gasteiger charge is -2.24. The van der Waals surface area contributed by atoms with Crippen molar-refractivity contribution in [2.24, 2.45) is 0 Å². The second-order valence-electron chi connectivity index (χ2n) is 12.1. The second-order valence-corrected chi connectivity index (χ2v) is 15.1. The van der Waals surface area contributed by atoms with Crippen molar-refractivity contribution in [3.8, 4) is 11.5 Å². The van der Waals surface area contributed by atoms with Gasteiger partial charge in [-0.05, 0) is 90.4 Å². The Morgan fingerprint density at radius 2 is 1.10 bits per heavy atom. The Bertz CT molecular complexity index is 2610. The standard InChI is InChI=1S/C38H26N4O8S2/c39-41-33-20-18-29-31(37(33)43)6-2-8-35(29)51(45,46)49-27-14-10-23(11-15-27)25-4-1-5-26(22-25)24-12-16-28(17-13-24)50-52(47,48)36-9-3-7-32-30(36)19-21-34(42-40)38(32)44/h2-4,6-21,26H,1,5,22H2. The molecule has 7 rings (SSSR count). The number of allylic oxidation sites excluding steroid dienone is 4. The summed E-state index contributed by atoms with van der Waals surface area (Å²) in [5, 5.41) is 0. The first-order valence-corrected chi connectivity index (χ1v) is 18.7. The van der Waals surface area contributed by atoms with Crippen LogP contribution in [-0.4, -0.2) is 49.4 Å². The molecule has 4 aromatic rings. The fourth-order valence-corrected chi connectivity index (χ4v) is 8.76. The van der Waals surface area contributed by atoms with Gasteiger partial charge >= 0.3 is 31.7 Å². The van der Waals surface area contributed by atoms with Crippen LogP contribution in [0.15, 0.2) is 113 Å². The molecule has 0 fully saturated rings. The van der Waals surface area contributed by atoms with Crippen molar-refractivity contribution in [2.45, 2.75) is 35.0 Å². The van der Waals surface area contributed by atoms with Gasteiger partial charge in [-0.1, -0.05) is 54.6 Å². The number of ketones is 2. The summed E-state index contributed by atoms with van der Waals surface area (Å²) >= 11 is 0. The summed E-state index contributed by atoms with van der Waals surface area (Å²) in [5.41, 5.74) is 21.1. The average molecular weight is 731 g/mol. The Balaban J connectivity index is 1.03. The number of carbonyl (C=O) groups excluding carboxylic acids is 2. The Labute approximate surface area is 298 Å². The highest BCUT2D eigenvalue weighted by atomic mass is 32.2. The quantitative estimate of drug-likeness (QED) is 0.114. The molecule has 0 aliphatic heterocycles. The average Bonchev–Trinajstić information content (AvgIpc) is 3.15. The Morgan fingerprint density at radius 1 is 0.615 bits per heavy atom. The minimum atomic E-state index is -4.32. The Kier molecular flexibility index (Phi) is 8.83. The van der Waals surface area contributed by atoms with Gasteiger partial charge < -0.3 is 19.4 Å². The van der Waals surface area contributed by atoms with Gasteiger partial charge in [-0.15, -0.1) is 0 Å². The molecule has 0 amide bonds. The number of carbonyl (C=O) groups is 2. The predicted molar refractivity (Wildman–Crippen MR) is 190 cm³/mol. The van der Waals surface area contributed by atoms with Crippen molar-refractivity contribution in [3.05, 3.63) is 148 Å². The lowest BCUT2D eigenvalue weighted by molar-refractivity contribution is -0.00459. The van der Waals surface area contributed by atoms with E-state index in [1.165, 1.54) is 60.7 Å². The van der Waals surface area contributed by atoms with E-state index in [9.17, 15) is 26.4 Å². The molecule has 258 valence electrons. The number of hydrogen-bond donors (Lipinski definition) is 0. The van der Waals surface area contributed by atoms with Crippen LogP contribution in [0.25, 0.3) is 28.8 Å². The monoisotopic (exact) mass is 730 g/mol. The molecular weight excluding hydrogens is 705 g/mol. The third kappa shape index (κ3) is 6.39. The van der Waals surface area contributed by atoms with E-state index in [-0.39, 0.29) is 60.9 Å². The van der Waals surface area contributed by atoms with Gasteiger partial charge in [-0.25, -0.2) is 0 Å². The lowest BCUT2D eigenvalue weighted by Crippen LogP contribution is -2.20. The van der Waals surface area contributed by atoms with Crippen LogP contribution >= 0.6 is 0 Å². The molecule has 14 heteroatoms. The van der Waals surface area contributed by atoms with Gasteiger partial charge in [0.15, 0.2) is 0 Å². The van der Waals surface area contributed by atoms with E-state index < -0.39 is 31.8 Å². The largest absolute Gasteiger partial charge is 0.379 e. The van der Waals surface area contributed by atoms with Gasteiger partial charge in [0.1, 0.15) is 21.3 Å². The molecule has 1 unspecified atom stereocenters. The highest BCUT2D eigenvalue weighted by Crippen LogP contribution is 2.39. The number of rotatable bonds is 8. The maximum absolute atomic E-state index is 13.3. The van der Waals surface area contributed by atoms with Crippen molar-refractivity contribution in [1.29, 1.82) is 0 Å². The van der Waals surface area contributed by atoms with Crippen molar-refractivity contribution in [2.75, 3.05) is 0 Å². The molecule has 3 aliphatic rings. The molecule has 4 aromatic carbocycles. The van der Waals surface area contributed by atoms with Crippen LogP contribution in [0, 0.1) is 0 Å². The summed E-state index contributed by atoms with van der Waals surface area (Å²) in [6, 6.07) is 21.9. The van der Waals surface area contributed by atoms with Crippen LogP contribution in [-0.2, 0) is 20.2 Å². The summed E-state index contributed by atoms with van der Waals surface area (Å²) < 4.78 is 63.9. The first-order chi connectivity index (χ1) is 25.0. The number of fused-ring (bicyclic) bond motifs is 2. The third-order valence-electron chi connectivity index (χ3n) is 9.02. The van der Waals surface area contributed by atoms with Gasteiger partial charge in [0, 0.05) is 34.4 Å². The molecule has 3 aliphatic carbocycles. The molecule has 12 nitrogen and oxygen atoms in total. The SMILES string of the molecule is [N-]=[N+]=C1C=Cc2c(cccc2S(=O)(=O)Oc2ccc(C3=CCCC(c4ccc(OS(=O)(=O)c5cccc6c5C=CC(=[N+]=[N-])C6=O)cc4)C3)cc2)C1=O. The molecule has 0 heterocycles. The summed E-state index contributed by atoms with van der Waals surface area (Å²) in [7, 11) is -8.64. The van der Waals surface area contributed by atoms with Gasteiger partial charge in [-0.3, -0.25) is 9.59 Å². The fourth-order valence-electron chi connectivity index (χ4n) is 6.47. The predicted octanol–water partition coefficient (Wildman–Crippen LogP) is 6.33. The van der Waals surface area contributed by atoms with E-state index in [2.05, 4.69) is 15.7 Å². The molecule has 0 saturated carbocycles. The molecule has 0 bridgehead atoms.